The third-order valence-electron chi connectivity index (χ3n) is 1.27. The highest BCUT2D eigenvalue weighted by Crippen LogP contribution is 2.02. The Bertz CT molecular complexity index is 112. The van der Waals surface area contributed by atoms with Gasteiger partial charge in [0, 0.05) is 6.42 Å². The molecular formula is C7H15BO2. The number of aliphatic hydroxyl groups excluding tert-OH is 1. The van der Waals surface area contributed by atoms with E-state index in [1.807, 2.05) is 13.6 Å². The monoisotopic (exact) mass is 142 g/mol. The van der Waals surface area contributed by atoms with Gasteiger partial charge in [0.25, 0.3) is 0 Å². The van der Waals surface area contributed by atoms with Gasteiger partial charge in [0.05, 0.1) is 6.10 Å². The van der Waals surface area contributed by atoms with Gasteiger partial charge in [0.1, 0.15) is 12.5 Å². The van der Waals surface area contributed by atoms with Gasteiger partial charge >= 0.3 is 0 Å². The summed E-state index contributed by atoms with van der Waals surface area (Å²) in [6.45, 7) is 6.03. The van der Waals surface area contributed by atoms with Gasteiger partial charge in [-0.05, 0) is 13.2 Å². The summed E-state index contributed by atoms with van der Waals surface area (Å²) in [5.41, 5.74) is 0. The van der Waals surface area contributed by atoms with Crippen LogP contribution in [0.3, 0.4) is 0 Å². The van der Waals surface area contributed by atoms with E-state index < -0.39 is 6.10 Å². The number of ketones is 1. The summed E-state index contributed by atoms with van der Waals surface area (Å²) in [4.78, 5) is 10.5. The van der Waals surface area contributed by atoms with Crippen molar-refractivity contribution >= 4 is 12.5 Å². The van der Waals surface area contributed by atoms with Crippen molar-refractivity contribution in [3.8, 4) is 0 Å². The highest BCUT2D eigenvalue weighted by molar-refractivity contribution is 6.55. The molecule has 3 heteroatoms. The Balaban J connectivity index is 3.43. The SMILES string of the molecule is CB(C)CC(O)CC(C)=O. The maximum absolute atomic E-state index is 10.5. The summed E-state index contributed by atoms with van der Waals surface area (Å²) >= 11 is 0. The van der Waals surface area contributed by atoms with E-state index in [0.29, 0.717) is 13.1 Å². The molecule has 0 radical (unpaired) electrons. The van der Waals surface area contributed by atoms with Gasteiger partial charge in [0.15, 0.2) is 0 Å². The molecule has 0 heterocycles. The van der Waals surface area contributed by atoms with Crippen molar-refractivity contribution in [2.75, 3.05) is 0 Å². The Morgan fingerprint density at radius 1 is 1.60 bits per heavy atom. The molecule has 0 bridgehead atoms. The standard InChI is InChI=1S/C7H15BO2/c1-6(9)4-7(10)5-8(2)3/h7,10H,4-5H2,1-3H3. The molecule has 0 aliphatic heterocycles. The van der Waals surface area contributed by atoms with Crippen molar-refractivity contribution in [1.82, 2.24) is 0 Å². The van der Waals surface area contributed by atoms with Gasteiger partial charge in [-0.25, -0.2) is 0 Å². The highest BCUT2D eigenvalue weighted by Gasteiger charge is 2.10. The van der Waals surface area contributed by atoms with Crippen LogP contribution in [-0.2, 0) is 4.79 Å². The number of Topliss-reactive ketones (excluding diaryl/α,β-unsaturated/α-hetero) is 1. The zero-order valence-corrected chi connectivity index (χ0v) is 6.92. The molecule has 0 aliphatic rings. The molecule has 0 rings (SSSR count). The van der Waals surface area contributed by atoms with Gasteiger partial charge in [-0.3, -0.25) is 4.79 Å². The normalized spacial score (nSPS) is 12.8. The van der Waals surface area contributed by atoms with E-state index in [9.17, 15) is 4.79 Å². The van der Waals surface area contributed by atoms with E-state index in [2.05, 4.69) is 0 Å². The van der Waals surface area contributed by atoms with Crippen molar-refractivity contribution in [2.24, 2.45) is 0 Å². The van der Waals surface area contributed by atoms with Gasteiger partial charge in [-0.15, -0.1) is 0 Å². The van der Waals surface area contributed by atoms with Gasteiger partial charge in [0.2, 0.25) is 0 Å². The Kier molecular flexibility index (Phi) is 4.36. The van der Waals surface area contributed by atoms with Crippen molar-refractivity contribution in [3.63, 3.8) is 0 Å². The highest BCUT2D eigenvalue weighted by atomic mass is 16.3. The molecular weight excluding hydrogens is 127 g/mol. The molecule has 10 heavy (non-hydrogen) atoms. The lowest BCUT2D eigenvalue weighted by atomic mass is 9.51. The summed E-state index contributed by atoms with van der Waals surface area (Å²) < 4.78 is 0. The van der Waals surface area contributed by atoms with Gasteiger partial charge in [-0.1, -0.05) is 13.6 Å². The number of hydrogen-bond donors (Lipinski definition) is 1. The second kappa shape index (κ2) is 4.50. The predicted octanol–water partition coefficient (Wildman–Crippen LogP) is 1.08. The Morgan fingerprint density at radius 2 is 2.10 bits per heavy atom. The fourth-order valence-electron chi connectivity index (χ4n) is 0.959. The van der Waals surface area contributed by atoms with E-state index in [4.69, 9.17) is 5.11 Å². The van der Waals surface area contributed by atoms with Crippen LogP contribution in [0.2, 0.25) is 20.0 Å². The second-order valence-electron chi connectivity index (χ2n) is 3.19. The van der Waals surface area contributed by atoms with Crippen LogP contribution in [-0.4, -0.2) is 23.7 Å². The molecule has 0 amide bonds. The van der Waals surface area contributed by atoms with E-state index in [0.717, 1.165) is 6.32 Å². The minimum Gasteiger partial charge on any atom is -0.393 e. The van der Waals surface area contributed by atoms with Crippen LogP contribution in [0.5, 0.6) is 0 Å². The zero-order valence-electron chi connectivity index (χ0n) is 6.92. The summed E-state index contributed by atoms with van der Waals surface area (Å²) in [7, 11) is 0. The first-order valence-corrected chi connectivity index (χ1v) is 3.70. The number of hydrogen-bond acceptors (Lipinski definition) is 2. The second-order valence-corrected chi connectivity index (χ2v) is 3.19. The van der Waals surface area contributed by atoms with Crippen LogP contribution in [0, 0.1) is 0 Å². The van der Waals surface area contributed by atoms with Crippen molar-refractivity contribution < 1.29 is 9.90 Å². The fourth-order valence-corrected chi connectivity index (χ4v) is 0.959. The van der Waals surface area contributed by atoms with Crippen LogP contribution in [0.1, 0.15) is 13.3 Å². The first-order valence-electron chi connectivity index (χ1n) is 3.70. The lowest BCUT2D eigenvalue weighted by Crippen LogP contribution is -2.17. The summed E-state index contributed by atoms with van der Waals surface area (Å²) in [5, 5.41) is 9.17. The van der Waals surface area contributed by atoms with Crippen LogP contribution >= 0.6 is 0 Å². The molecule has 0 saturated carbocycles. The van der Waals surface area contributed by atoms with Gasteiger partial charge < -0.3 is 5.11 Å². The fraction of sp³-hybridized carbons (Fsp3) is 0.857. The number of rotatable bonds is 4. The minimum absolute atomic E-state index is 0.0631. The van der Waals surface area contributed by atoms with Crippen molar-refractivity contribution in [2.45, 2.75) is 39.4 Å². The van der Waals surface area contributed by atoms with E-state index in [1.165, 1.54) is 6.92 Å². The average Bonchev–Trinajstić information content (AvgIpc) is 1.58. The topological polar surface area (TPSA) is 37.3 Å². The minimum atomic E-state index is -0.433. The van der Waals surface area contributed by atoms with Crippen LogP contribution < -0.4 is 0 Å². The number of carbonyl (C=O) groups excluding carboxylic acids is 1. The lowest BCUT2D eigenvalue weighted by Gasteiger charge is -2.08. The van der Waals surface area contributed by atoms with E-state index in [1.54, 1.807) is 0 Å². The van der Waals surface area contributed by atoms with E-state index >= 15 is 0 Å². The van der Waals surface area contributed by atoms with Gasteiger partial charge in [-0.2, -0.15) is 0 Å². The summed E-state index contributed by atoms with van der Waals surface area (Å²) in [6.07, 6.45) is 0.593. The molecule has 1 atom stereocenters. The number of carbonyl (C=O) groups is 1. The molecule has 0 aromatic carbocycles. The first kappa shape index (κ1) is 9.69. The maximum atomic E-state index is 10.5. The Hall–Kier alpha value is -0.305. The Labute approximate surface area is 62.7 Å². The smallest absolute Gasteiger partial charge is 0.136 e. The molecule has 58 valence electrons. The number of aliphatic hydroxyl groups is 1. The summed E-state index contributed by atoms with van der Waals surface area (Å²) in [5.74, 6) is 0.0631. The molecule has 0 aliphatic carbocycles. The summed E-state index contributed by atoms with van der Waals surface area (Å²) in [6, 6.07) is 0. The molecule has 0 aromatic heterocycles. The predicted molar refractivity (Wildman–Crippen MR) is 43.6 cm³/mol. The van der Waals surface area contributed by atoms with E-state index in [-0.39, 0.29) is 5.78 Å². The van der Waals surface area contributed by atoms with Crippen molar-refractivity contribution in [1.29, 1.82) is 0 Å². The molecule has 0 aromatic rings. The maximum Gasteiger partial charge on any atom is 0.136 e. The molecule has 2 nitrogen and oxygen atoms in total. The lowest BCUT2D eigenvalue weighted by molar-refractivity contribution is -0.118. The third kappa shape index (κ3) is 5.82. The average molecular weight is 142 g/mol. The molecule has 0 fully saturated rings. The van der Waals surface area contributed by atoms with Crippen LogP contribution in [0.25, 0.3) is 0 Å². The molecule has 0 saturated heterocycles. The molecule has 0 spiro atoms. The largest absolute Gasteiger partial charge is 0.393 e. The van der Waals surface area contributed by atoms with Crippen LogP contribution in [0.4, 0.5) is 0 Å². The third-order valence-corrected chi connectivity index (χ3v) is 1.27. The van der Waals surface area contributed by atoms with Crippen molar-refractivity contribution in [3.05, 3.63) is 0 Å². The molecule has 1 N–H and O–H groups in total. The first-order chi connectivity index (χ1) is 4.52. The zero-order chi connectivity index (χ0) is 8.15. The van der Waals surface area contributed by atoms with Crippen LogP contribution in [0.15, 0.2) is 0 Å². The quantitative estimate of drug-likeness (QED) is 0.596. The Morgan fingerprint density at radius 3 is 2.40 bits per heavy atom. The molecule has 1 unspecified atom stereocenters.